The monoisotopic (exact) mass is 273 g/mol. The fourth-order valence-electron chi connectivity index (χ4n) is 1.71. The molecular weight excluding hydrogens is 262 g/mol. The number of rotatable bonds is 3. The van der Waals surface area contributed by atoms with Crippen LogP contribution in [0.15, 0.2) is 0 Å². The van der Waals surface area contributed by atoms with Crippen LogP contribution in [-0.4, -0.2) is 58.8 Å². The van der Waals surface area contributed by atoms with Gasteiger partial charge < -0.3 is 20.1 Å². The number of aliphatic carboxylic acids is 1. The van der Waals surface area contributed by atoms with Crippen LogP contribution < -0.4 is 15.0 Å². The predicted molar refractivity (Wildman–Crippen MR) is 63.0 cm³/mol. The molecule has 18 heavy (non-hydrogen) atoms. The Morgan fingerprint density at radius 3 is 3.00 bits per heavy atom. The van der Waals surface area contributed by atoms with Gasteiger partial charge in [-0.15, -0.1) is 0 Å². The van der Waals surface area contributed by atoms with Gasteiger partial charge in [0.05, 0.1) is 7.11 Å². The zero-order valence-corrected chi connectivity index (χ0v) is 10.4. The highest BCUT2D eigenvalue weighted by molar-refractivity contribution is 6.28. The normalized spacial score (nSPS) is 19.7. The summed E-state index contributed by atoms with van der Waals surface area (Å²) in [4.78, 5) is 24.4. The lowest BCUT2D eigenvalue weighted by Crippen LogP contribution is -2.55. The number of nitrogens with one attached hydrogen (secondary N) is 1. The Morgan fingerprint density at radius 2 is 2.33 bits per heavy atom. The van der Waals surface area contributed by atoms with Gasteiger partial charge in [0, 0.05) is 19.6 Å². The van der Waals surface area contributed by atoms with Crippen molar-refractivity contribution in [3.8, 4) is 6.01 Å². The Kier molecular flexibility index (Phi) is 3.78. The van der Waals surface area contributed by atoms with E-state index in [2.05, 4.69) is 20.3 Å². The first-order chi connectivity index (χ1) is 8.61. The summed E-state index contributed by atoms with van der Waals surface area (Å²) < 4.78 is 4.89. The fraction of sp³-hybridized carbons (Fsp3) is 0.556. The Balaban J connectivity index is 2.33. The molecule has 9 heteroatoms. The summed E-state index contributed by atoms with van der Waals surface area (Å²) in [6, 6.07) is -0.672. The van der Waals surface area contributed by atoms with E-state index < -0.39 is 12.0 Å². The van der Waals surface area contributed by atoms with Gasteiger partial charge in [0.2, 0.25) is 11.2 Å². The molecule has 2 N–H and O–H groups in total. The number of anilines is 1. The van der Waals surface area contributed by atoms with Gasteiger partial charge in [-0.3, -0.25) is 0 Å². The van der Waals surface area contributed by atoms with Crippen LogP contribution in [0.4, 0.5) is 5.95 Å². The van der Waals surface area contributed by atoms with E-state index in [9.17, 15) is 4.79 Å². The lowest BCUT2D eigenvalue weighted by atomic mass is 10.2. The first-order valence-corrected chi connectivity index (χ1v) is 5.65. The third kappa shape index (κ3) is 2.59. The molecule has 1 atom stereocenters. The molecule has 8 nitrogen and oxygen atoms in total. The molecule has 1 saturated heterocycles. The second kappa shape index (κ2) is 5.32. The molecule has 0 amide bonds. The first-order valence-electron chi connectivity index (χ1n) is 5.27. The molecule has 0 spiro atoms. The van der Waals surface area contributed by atoms with Crippen molar-refractivity contribution in [1.29, 1.82) is 0 Å². The van der Waals surface area contributed by atoms with Crippen LogP contribution in [0.3, 0.4) is 0 Å². The molecule has 1 aliphatic rings. The largest absolute Gasteiger partial charge is 0.480 e. The molecule has 0 aromatic carbocycles. The summed E-state index contributed by atoms with van der Waals surface area (Å²) >= 11 is 5.74. The molecule has 0 radical (unpaired) electrons. The molecule has 2 heterocycles. The van der Waals surface area contributed by atoms with Crippen LogP contribution in [0, 0.1) is 0 Å². The molecule has 0 saturated carbocycles. The average molecular weight is 274 g/mol. The number of hydrogen-bond acceptors (Lipinski definition) is 7. The van der Waals surface area contributed by atoms with Crippen molar-refractivity contribution in [1.82, 2.24) is 20.3 Å². The maximum atomic E-state index is 11.2. The predicted octanol–water partition coefficient (Wildman–Crippen LogP) is -0.604. The number of carboxylic acid groups (broad SMARTS) is 1. The smallest absolute Gasteiger partial charge is 0.327 e. The average Bonchev–Trinajstić information content (AvgIpc) is 2.38. The van der Waals surface area contributed by atoms with Crippen molar-refractivity contribution < 1.29 is 14.6 Å². The van der Waals surface area contributed by atoms with Gasteiger partial charge in [-0.05, 0) is 11.6 Å². The van der Waals surface area contributed by atoms with Crippen molar-refractivity contribution >= 4 is 23.5 Å². The molecule has 0 bridgehead atoms. The molecule has 1 aromatic heterocycles. The van der Waals surface area contributed by atoms with E-state index in [0.717, 1.165) is 0 Å². The fourth-order valence-corrected chi connectivity index (χ4v) is 1.85. The van der Waals surface area contributed by atoms with E-state index in [4.69, 9.17) is 21.4 Å². The van der Waals surface area contributed by atoms with Gasteiger partial charge in [-0.2, -0.15) is 15.0 Å². The van der Waals surface area contributed by atoms with E-state index in [-0.39, 0.29) is 17.2 Å². The number of hydrogen-bond donors (Lipinski definition) is 2. The Hall–Kier alpha value is -1.67. The maximum absolute atomic E-state index is 11.2. The van der Waals surface area contributed by atoms with Crippen LogP contribution in [-0.2, 0) is 4.79 Å². The molecule has 2 rings (SSSR count). The summed E-state index contributed by atoms with van der Waals surface area (Å²) in [5, 5.41) is 12.1. The minimum absolute atomic E-state index is 0.0282. The summed E-state index contributed by atoms with van der Waals surface area (Å²) in [6.45, 7) is 1.44. The quantitative estimate of drug-likeness (QED) is 0.753. The van der Waals surface area contributed by atoms with Crippen molar-refractivity contribution in [2.75, 3.05) is 31.6 Å². The lowest BCUT2D eigenvalue weighted by Gasteiger charge is -2.33. The number of nitrogens with zero attached hydrogens (tertiary/aromatic N) is 4. The number of carbonyl (C=O) groups is 1. The second-order valence-corrected chi connectivity index (χ2v) is 3.98. The molecule has 1 unspecified atom stereocenters. The lowest BCUT2D eigenvalue weighted by molar-refractivity contribution is -0.138. The van der Waals surface area contributed by atoms with Gasteiger partial charge in [-0.25, -0.2) is 4.79 Å². The van der Waals surface area contributed by atoms with E-state index in [0.29, 0.717) is 19.6 Å². The standard InChI is InChI=1S/C9H12ClN5O3/c1-18-9-13-7(10)12-8(14-9)15-3-2-11-4-5(15)6(16)17/h5,11H,2-4H2,1H3,(H,16,17). The number of halogens is 1. The van der Waals surface area contributed by atoms with Crippen LogP contribution in [0.1, 0.15) is 0 Å². The molecule has 0 aliphatic carbocycles. The summed E-state index contributed by atoms with van der Waals surface area (Å²) in [7, 11) is 1.40. The van der Waals surface area contributed by atoms with E-state index in [1.165, 1.54) is 7.11 Å². The third-order valence-electron chi connectivity index (χ3n) is 2.54. The van der Waals surface area contributed by atoms with Crippen molar-refractivity contribution in [3.63, 3.8) is 0 Å². The summed E-state index contributed by atoms with van der Waals surface area (Å²) in [6.07, 6.45) is 0. The van der Waals surface area contributed by atoms with E-state index >= 15 is 0 Å². The molecular formula is C9H12ClN5O3. The SMILES string of the molecule is COc1nc(Cl)nc(N2CCNCC2C(=O)O)n1. The zero-order chi connectivity index (χ0) is 13.1. The minimum Gasteiger partial charge on any atom is -0.480 e. The van der Waals surface area contributed by atoms with Crippen LogP contribution >= 0.6 is 11.6 Å². The third-order valence-corrected chi connectivity index (χ3v) is 2.71. The summed E-state index contributed by atoms with van der Waals surface area (Å²) in [5.41, 5.74) is 0. The Morgan fingerprint density at radius 1 is 1.56 bits per heavy atom. The first kappa shape index (κ1) is 12.8. The van der Waals surface area contributed by atoms with Crippen LogP contribution in [0.2, 0.25) is 5.28 Å². The summed E-state index contributed by atoms with van der Waals surface area (Å²) in [5.74, 6) is -0.738. The molecule has 1 fully saturated rings. The highest BCUT2D eigenvalue weighted by Gasteiger charge is 2.30. The van der Waals surface area contributed by atoms with Crippen LogP contribution in [0.5, 0.6) is 6.01 Å². The van der Waals surface area contributed by atoms with Gasteiger partial charge in [0.15, 0.2) is 0 Å². The second-order valence-electron chi connectivity index (χ2n) is 3.64. The number of ether oxygens (including phenoxy) is 1. The zero-order valence-electron chi connectivity index (χ0n) is 9.63. The van der Waals surface area contributed by atoms with Crippen molar-refractivity contribution in [3.05, 3.63) is 5.28 Å². The van der Waals surface area contributed by atoms with Crippen LogP contribution in [0.25, 0.3) is 0 Å². The number of carboxylic acids is 1. The van der Waals surface area contributed by atoms with Gasteiger partial charge in [0.1, 0.15) is 6.04 Å². The van der Waals surface area contributed by atoms with Crippen molar-refractivity contribution in [2.45, 2.75) is 6.04 Å². The highest BCUT2D eigenvalue weighted by atomic mass is 35.5. The van der Waals surface area contributed by atoms with E-state index in [1.807, 2.05) is 0 Å². The molecule has 1 aliphatic heterocycles. The topological polar surface area (TPSA) is 100 Å². The Bertz CT molecular complexity index is 458. The number of aromatic nitrogens is 3. The minimum atomic E-state index is -0.947. The number of piperazine rings is 1. The van der Waals surface area contributed by atoms with Gasteiger partial charge >= 0.3 is 12.0 Å². The molecule has 98 valence electrons. The van der Waals surface area contributed by atoms with Gasteiger partial charge in [0.25, 0.3) is 0 Å². The maximum Gasteiger partial charge on any atom is 0.327 e. The highest BCUT2D eigenvalue weighted by Crippen LogP contribution is 2.18. The van der Waals surface area contributed by atoms with Crippen molar-refractivity contribution in [2.24, 2.45) is 0 Å². The van der Waals surface area contributed by atoms with E-state index in [1.54, 1.807) is 4.90 Å². The molecule has 1 aromatic rings. The number of methoxy groups -OCH3 is 1. The Labute approximate surface area is 108 Å². The van der Waals surface area contributed by atoms with Gasteiger partial charge in [-0.1, -0.05) is 0 Å².